The third-order valence-corrected chi connectivity index (χ3v) is 5.83. The largest absolute Gasteiger partial charge is 0.494 e. The molecule has 1 aromatic rings. The van der Waals surface area contributed by atoms with E-state index in [4.69, 9.17) is 14.0 Å². The van der Waals surface area contributed by atoms with Crippen LogP contribution in [0.5, 0.6) is 0 Å². The first-order chi connectivity index (χ1) is 14.5. The number of hydrogen-bond acceptors (Lipinski definition) is 5. The fourth-order valence-corrected chi connectivity index (χ4v) is 3.42. The van der Waals surface area contributed by atoms with E-state index in [0.717, 1.165) is 0 Å². The Morgan fingerprint density at radius 1 is 1.03 bits per heavy atom. The molecule has 5 nitrogen and oxygen atoms in total. The van der Waals surface area contributed by atoms with Gasteiger partial charge in [0.25, 0.3) is 0 Å². The predicted molar refractivity (Wildman–Crippen MR) is 119 cm³/mol. The predicted octanol–water partition coefficient (Wildman–Crippen LogP) is 4.55. The molecular formula is C23H35BF3NO4. The van der Waals surface area contributed by atoms with E-state index in [9.17, 15) is 18.0 Å². The number of nitrogens with one attached hydrogen (secondary N) is 1. The number of benzene rings is 1. The molecule has 0 bridgehead atoms. The number of carbonyl (C=O) groups is 1. The lowest BCUT2D eigenvalue weighted by Crippen LogP contribution is -2.46. The van der Waals surface area contributed by atoms with Gasteiger partial charge in [-0.05, 0) is 64.9 Å². The van der Waals surface area contributed by atoms with Crippen LogP contribution in [-0.2, 0) is 18.8 Å². The molecular weight excluding hydrogens is 422 g/mol. The minimum absolute atomic E-state index is 0.00358. The van der Waals surface area contributed by atoms with E-state index in [0.29, 0.717) is 5.46 Å². The van der Waals surface area contributed by atoms with Gasteiger partial charge in [-0.2, -0.15) is 13.2 Å². The van der Waals surface area contributed by atoms with Crippen LogP contribution in [0.1, 0.15) is 73.4 Å². The van der Waals surface area contributed by atoms with E-state index < -0.39 is 48.7 Å². The molecule has 1 heterocycles. The molecule has 2 rings (SSSR count). The number of hydrogen-bond donors (Lipinski definition) is 1. The molecule has 1 aliphatic heterocycles. The van der Waals surface area contributed by atoms with Crippen molar-refractivity contribution in [2.45, 2.75) is 97.4 Å². The van der Waals surface area contributed by atoms with Crippen LogP contribution in [0.2, 0.25) is 0 Å². The van der Waals surface area contributed by atoms with Crippen molar-refractivity contribution >= 4 is 18.6 Å². The average Bonchev–Trinajstić information content (AvgIpc) is 2.84. The van der Waals surface area contributed by atoms with Gasteiger partial charge in [0.15, 0.2) is 0 Å². The van der Waals surface area contributed by atoms with Gasteiger partial charge >= 0.3 is 19.3 Å². The molecule has 1 aliphatic rings. The molecule has 1 N–H and O–H groups in total. The van der Waals surface area contributed by atoms with Crippen LogP contribution in [0.3, 0.4) is 0 Å². The topological polar surface area (TPSA) is 56.8 Å². The minimum Gasteiger partial charge on any atom is -0.462 e. The molecule has 0 spiro atoms. The van der Waals surface area contributed by atoms with Crippen LogP contribution in [0.15, 0.2) is 24.3 Å². The fourth-order valence-electron chi connectivity index (χ4n) is 3.42. The highest BCUT2D eigenvalue weighted by atomic mass is 19.4. The van der Waals surface area contributed by atoms with Crippen molar-refractivity contribution in [1.29, 1.82) is 0 Å². The first-order valence-corrected chi connectivity index (χ1v) is 11.0. The van der Waals surface area contributed by atoms with Crippen molar-refractivity contribution in [3.63, 3.8) is 0 Å². The normalized spacial score (nSPS) is 20.0. The number of rotatable bonds is 8. The lowest BCUT2D eigenvalue weighted by molar-refractivity contribution is -0.166. The number of carbonyl (C=O) groups excluding carboxylic acids is 1. The van der Waals surface area contributed by atoms with Crippen LogP contribution in [-0.4, -0.2) is 42.6 Å². The van der Waals surface area contributed by atoms with Gasteiger partial charge < -0.3 is 14.0 Å². The quantitative estimate of drug-likeness (QED) is 0.459. The van der Waals surface area contributed by atoms with Gasteiger partial charge in [-0.15, -0.1) is 0 Å². The molecule has 2 atom stereocenters. The van der Waals surface area contributed by atoms with Crippen LogP contribution in [0.25, 0.3) is 0 Å². The molecule has 0 unspecified atom stereocenters. The molecule has 0 amide bonds. The maximum absolute atomic E-state index is 14.0. The molecule has 1 fully saturated rings. The second-order valence-corrected chi connectivity index (χ2v) is 10.1. The van der Waals surface area contributed by atoms with Gasteiger partial charge in [0.1, 0.15) is 12.1 Å². The Morgan fingerprint density at radius 2 is 1.53 bits per heavy atom. The molecule has 0 aromatic heterocycles. The zero-order valence-corrected chi connectivity index (χ0v) is 20.2. The molecule has 32 heavy (non-hydrogen) atoms. The second-order valence-electron chi connectivity index (χ2n) is 10.1. The van der Waals surface area contributed by atoms with E-state index in [1.807, 2.05) is 41.5 Å². The average molecular weight is 457 g/mol. The fraction of sp³-hybridized carbons (Fsp3) is 0.696. The molecule has 9 heteroatoms. The van der Waals surface area contributed by atoms with Crippen molar-refractivity contribution in [3.05, 3.63) is 29.8 Å². The third kappa shape index (κ3) is 6.48. The van der Waals surface area contributed by atoms with E-state index >= 15 is 0 Å². The SMILES string of the molecule is CC(C)C[C@H](N[C@@H](c1ccc(B2OC(C)(C)C(C)(C)O2)cc1)C(F)(F)F)C(=O)OC(C)C. The summed E-state index contributed by atoms with van der Waals surface area (Å²) in [6.45, 7) is 14.7. The monoisotopic (exact) mass is 457 g/mol. The van der Waals surface area contributed by atoms with E-state index in [1.54, 1.807) is 26.0 Å². The van der Waals surface area contributed by atoms with Crippen LogP contribution < -0.4 is 10.8 Å². The summed E-state index contributed by atoms with van der Waals surface area (Å²) in [5, 5.41) is 2.50. The molecule has 0 aliphatic carbocycles. The summed E-state index contributed by atoms with van der Waals surface area (Å²) in [5.74, 6) is -0.677. The molecule has 0 saturated carbocycles. The van der Waals surface area contributed by atoms with E-state index in [2.05, 4.69) is 5.32 Å². The summed E-state index contributed by atoms with van der Waals surface area (Å²) in [6.07, 6.45) is -4.79. The summed E-state index contributed by atoms with van der Waals surface area (Å²) >= 11 is 0. The number of ether oxygens (including phenoxy) is 1. The van der Waals surface area contributed by atoms with Crippen molar-refractivity contribution in [2.24, 2.45) is 5.92 Å². The summed E-state index contributed by atoms with van der Waals surface area (Å²) in [7, 11) is -0.666. The lowest BCUT2D eigenvalue weighted by atomic mass is 9.78. The van der Waals surface area contributed by atoms with Gasteiger partial charge in [0.2, 0.25) is 0 Å². The molecule has 1 saturated heterocycles. The zero-order valence-electron chi connectivity index (χ0n) is 20.2. The zero-order chi connectivity index (χ0) is 24.5. The van der Waals surface area contributed by atoms with Crippen LogP contribution in [0, 0.1) is 5.92 Å². The van der Waals surface area contributed by atoms with Gasteiger partial charge in [0, 0.05) is 0 Å². The van der Waals surface area contributed by atoms with Gasteiger partial charge in [-0.3, -0.25) is 10.1 Å². The van der Waals surface area contributed by atoms with E-state index in [-0.39, 0.29) is 17.9 Å². The third-order valence-electron chi connectivity index (χ3n) is 5.83. The Labute approximate surface area is 189 Å². The van der Waals surface area contributed by atoms with Crippen molar-refractivity contribution in [3.8, 4) is 0 Å². The van der Waals surface area contributed by atoms with Crippen molar-refractivity contribution in [1.82, 2.24) is 5.32 Å². The Hall–Kier alpha value is -1.58. The second kappa shape index (κ2) is 9.73. The Kier molecular flexibility index (Phi) is 8.11. The summed E-state index contributed by atoms with van der Waals surface area (Å²) < 4.78 is 59.0. The summed E-state index contributed by atoms with van der Waals surface area (Å²) in [5.41, 5.74) is -0.462. The Morgan fingerprint density at radius 3 is 1.94 bits per heavy atom. The number of halogens is 3. The molecule has 0 radical (unpaired) electrons. The van der Waals surface area contributed by atoms with Crippen LogP contribution in [0.4, 0.5) is 13.2 Å². The first-order valence-electron chi connectivity index (χ1n) is 11.0. The minimum atomic E-state index is -4.60. The lowest BCUT2D eigenvalue weighted by Gasteiger charge is -2.32. The van der Waals surface area contributed by atoms with Crippen LogP contribution >= 0.6 is 0 Å². The first kappa shape index (κ1) is 26.7. The van der Waals surface area contributed by atoms with E-state index in [1.165, 1.54) is 12.1 Å². The van der Waals surface area contributed by atoms with Gasteiger partial charge in [0.05, 0.1) is 17.3 Å². The standard InChI is InChI=1S/C23H35BF3NO4/c1-14(2)13-18(20(29)30-15(3)4)28-19(23(25,26)27)16-9-11-17(12-10-16)24-31-21(5,6)22(7,8)32-24/h9-12,14-15,18-19,28H,13H2,1-8H3/t18-,19-/m0/s1. The highest BCUT2D eigenvalue weighted by Crippen LogP contribution is 2.37. The van der Waals surface area contributed by atoms with Gasteiger partial charge in [-0.1, -0.05) is 38.1 Å². The van der Waals surface area contributed by atoms with Crippen molar-refractivity contribution in [2.75, 3.05) is 0 Å². The summed E-state index contributed by atoms with van der Waals surface area (Å²) in [6, 6.07) is 2.84. The Bertz CT molecular complexity index is 762. The number of alkyl halides is 3. The van der Waals surface area contributed by atoms with Gasteiger partial charge in [-0.25, -0.2) is 0 Å². The molecule has 180 valence electrons. The highest BCUT2D eigenvalue weighted by molar-refractivity contribution is 6.62. The van der Waals surface area contributed by atoms with Crippen molar-refractivity contribution < 1.29 is 32.0 Å². The smallest absolute Gasteiger partial charge is 0.462 e. The Balaban J connectivity index is 2.26. The maximum atomic E-state index is 14.0. The maximum Gasteiger partial charge on any atom is 0.494 e. The summed E-state index contributed by atoms with van der Waals surface area (Å²) in [4.78, 5) is 12.4. The number of esters is 1. The highest BCUT2D eigenvalue weighted by Gasteiger charge is 2.52. The molecule has 1 aromatic carbocycles.